The van der Waals surface area contributed by atoms with E-state index in [1.165, 1.54) is 15.7 Å². The molecular formula is C39H42Br3IO5S. The Bertz CT molecular complexity index is 1710. The van der Waals surface area contributed by atoms with Crippen LogP contribution in [0.1, 0.15) is 50.8 Å². The van der Waals surface area contributed by atoms with Crippen molar-refractivity contribution in [3.05, 3.63) is 131 Å². The van der Waals surface area contributed by atoms with Gasteiger partial charge in [0.1, 0.15) is 0 Å². The van der Waals surface area contributed by atoms with Crippen molar-refractivity contribution in [1.29, 1.82) is 0 Å². The average molecular weight is 989 g/mol. The number of aryl methyl sites for hydroxylation is 1. The smallest absolute Gasteiger partial charge is 0.297 e. The molecule has 0 aliphatic heterocycles. The molecule has 2 N–H and O–H groups in total. The number of aliphatic hydroxyl groups excluding tert-OH is 2. The molecule has 5 nitrogen and oxygen atoms in total. The molecule has 0 fully saturated rings. The third-order valence-electron chi connectivity index (χ3n) is 5.23. The van der Waals surface area contributed by atoms with Crippen LogP contribution in [0.25, 0.3) is 0 Å². The summed E-state index contributed by atoms with van der Waals surface area (Å²) in [6, 6.07) is 30.1. The van der Waals surface area contributed by atoms with E-state index in [0.717, 1.165) is 30.1 Å². The number of rotatable bonds is 6. The van der Waals surface area contributed by atoms with E-state index in [1.807, 2.05) is 67.6 Å². The Morgan fingerprint density at radius 1 is 0.673 bits per heavy atom. The standard InChI is InChI=1S/C17H15BrO3S.C10H9BrO.C6H4BrI.C4H6O.2CH4/c1-14-5-11-17(12-6-14)22(19,20)21-13-3-2-4-15-7-9-16(18)10-8-15;11-10-6-4-9(5-7-10)3-1-2-8-12;7-5-1-3-6(8)4-2-5;1-2-3-4-5;;/h5-12H,3,13H2,1H3;4-7,12H,2,8H2;1-4H;1,5H,3-4H2;2*1H4. The van der Waals surface area contributed by atoms with Crippen molar-refractivity contribution in [3.8, 4) is 36.0 Å². The Kier molecular flexibility index (Phi) is 29.1. The second kappa shape index (κ2) is 29.3. The molecule has 0 heterocycles. The van der Waals surface area contributed by atoms with Crippen molar-refractivity contribution in [1.82, 2.24) is 0 Å². The molecule has 4 aromatic rings. The van der Waals surface area contributed by atoms with Crippen LogP contribution in [0, 0.1) is 46.5 Å². The minimum absolute atomic E-state index is 0. The predicted octanol–water partition coefficient (Wildman–Crippen LogP) is 10.4. The first-order chi connectivity index (χ1) is 22.5. The van der Waals surface area contributed by atoms with E-state index < -0.39 is 10.1 Å². The molecule has 0 saturated carbocycles. The van der Waals surface area contributed by atoms with Gasteiger partial charge in [-0.05, 0) is 114 Å². The lowest BCUT2D eigenvalue weighted by Gasteiger charge is -2.04. The quantitative estimate of drug-likeness (QED) is 0.0871. The summed E-state index contributed by atoms with van der Waals surface area (Å²) >= 11 is 12.3. The molecule has 10 heteroatoms. The highest BCUT2D eigenvalue weighted by molar-refractivity contribution is 14.1. The lowest BCUT2D eigenvalue weighted by atomic mass is 10.2. The van der Waals surface area contributed by atoms with E-state index in [1.54, 1.807) is 12.1 Å². The summed E-state index contributed by atoms with van der Waals surface area (Å²) in [5.41, 5.74) is 2.86. The molecule has 49 heavy (non-hydrogen) atoms. The van der Waals surface area contributed by atoms with E-state index >= 15 is 0 Å². The predicted molar refractivity (Wildman–Crippen MR) is 224 cm³/mol. The van der Waals surface area contributed by atoms with E-state index in [2.05, 4.69) is 112 Å². The molecule has 0 saturated heterocycles. The molecule has 4 aromatic carbocycles. The summed E-state index contributed by atoms with van der Waals surface area (Å²) in [4.78, 5) is 0.166. The largest absolute Gasteiger partial charge is 0.395 e. The summed E-state index contributed by atoms with van der Waals surface area (Å²) < 4.78 is 33.3. The maximum atomic E-state index is 11.9. The number of halogens is 4. The normalized spacial score (nSPS) is 9.18. The van der Waals surface area contributed by atoms with Gasteiger partial charge in [0.15, 0.2) is 0 Å². The Labute approximate surface area is 333 Å². The third kappa shape index (κ3) is 24.4. The first-order valence-electron chi connectivity index (χ1n) is 14.0. The summed E-state index contributed by atoms with van der Waals surface area (Å²) in [5, 5.41) is 16.4. The van der Waals surface area contributed by atoms with Gasteiger partial charge >= 0.3 is 0 Å². The van der Waals surface area contributed by atoms with Crippen LogP contribution in [0.5, 0.6) is 0 Å². The van der Waals surface area contributed by atoms with Gasteiger partial charge in [0.25, 0.3) is 10.1 Å². The van der Waals surface area contributed by atoms with Crippen LogP contribution in [0.2, 0.25) is 0 Å². The van der Waals surface area contributed by atoms with Crippen molar-refractivity contribution in [3.63, 3.8) is 0 Å². The molecule has 0 aliphatic rings. The number of hydrogen-bond donors (Lipinski definition) is 2. The summed E-state index contributed by atoms with van der Waals surface area (Å²) in [6.45, 7) is 2.18. The molecule has 0 atom stereocenters. The lowest BCUT2D eigenvalue weighted by Crippen LogP contribution is -2.07. The fourth-order valence-electron chi connectivity index (χ4n) is 2.92. The van der Waals surface area contributed by atoms with Gasteiger partial charge < -0.3 is 10.2 Å². The van der Waals surface area contributed by atoms with Crippen molar-refractivity contribution in [2.24, 2.45) is 0 Å². The molecule has 262 valence electrons. The molecule has 0 radical (unpaired) electrons. The molecule has 4 rings (SSSR count). The topological polar surface area (TPSA) is 83.8 Å². The molecule has 0 unspecified atom stereocenters. The Balaban J connectivity index is 0. The highest BCUT2D eigenvalue weighted by Gasteiger charge is 2.13. The maximum Gasteiger partial charge on any atom is 0.297 e. The first kappa shape index (κ1) is 48.7. The SMILES string of the molecule is Brc1ccc(I)cc1.C.C.C#CCCO.Cc1ccc(S(=O)(=O)OCCC#Cc2ccc(Br)cc2)cc1.OCCC#Cc1ccc(Br)cc1. The van der Waals surface area contributed by atoms with E-state index in [-0.39, 0.29) is 39.6 Å². The molecule has 0 aliphatic carbocycles. The van der Waals surface area contributed by atoms with Crippen LogP contribution < -0.4 is 0 Å². The van der Waals surface area contributed by atoms with Gasteiger partial charge in [-0.3, -0.25) is 4.18 Å². The summed E-state index contributed by atoms with van der Waals surface area (Å²) in [5.74, 6) is 13.9. The van der Waals surface area contributed by atoms with Gasteiger partial charge in [-0.1, -0.05) is 104 Å². The van der Waals surface area contributed by atoms with Crippen LogP contribution in [0.15, 0.2) is 115 Å². The Morgan fingerprint density at radius 3 is 1.45 bits per heavy atom. The highest BCUT2D eigenvalue weighted by atomic mass is 127. The summed E-state index contributed by atoms with van der Waals surface area (Å²) in [7, 11) is -3.70. The van der Waals surface area contributed by atoms with Crippen LogP contribution in [0.4, 0.5) is 0 Å². The second-order valence-corrected chi connectivity index (χ2v) is 14.7. The highest BCUT2D eigenvalue weighted by Crippen LogP contribution is 2.14. The number of hydrogen-bond acceptors (Lipinski definition) is 5. The third-order valence-corrected chi connectivity index (χ3v) is 8.86. The average Bonchev–Trinajstić information content (AvgIpc) is 3.06. The zero-order valence-electron chi connectivity index (χ0n) is 25.6. The fourth-order valence-corrected chi connectivity index (χ4v) is 4.98. The van der Waals surface area contributed by atoms with Gasteiger partial charge in [-0.15, -0.1) is 12.3 Å². The lowest BCUT2D eigenvalue weighted by molar-refractivity contribution is 0.304. The van der Waals surface area contributed by atoms with Gasteiger partial charge in [0.2, 0.25) is 0 Å². The van der Waals surface area contributed by atoms with Gasteiger partial charge in [-0.2, -0.15) is 8.42 Å². The second-order valence-electron chi connectivity index (χ2n) is 9.04. The minimum atomic E-state index is -3.70. The molecule has 0 aromatic heterocycles. The zero-order chi connectivity index (χ0) is 34.9. The number of benzene rings is 4. The monoisotopic (exact) mass is 986 g/mol. The van der Waals surface area contributed by atoms with Crippen molar-refractivity contribution >= 4 is 80.5 Å². The minimum Gasteiger partial charge on any atom is -0.395 e. The molecule has 0 amide bonds. The van der Waals surface area contributed by atoms with Crippen molar-refractivity contribution in [2.75, 3.05) is 19.8 Å². The van der Waals surface area contributed by atoms with Crippen LogP contribution in [0.3, 0.4) is 0 Å². The Morgan fingerprint density at radius 2 is 1.08 bits per heavy atom. The zero-order valence-corrected chi connectivity index (χ0v) is 33.3. The van der Waals surface area contributed by atoms with E-state index in [4.69, 9.17) is 20.8 Å². The Hall–Kier alpha value is -2.44. The summed E-state index contributed by atoms with van der Waals surface area (Å²) in [6.07, 6.45) is 6.09. The molecule has 0 bridgehead atoms. The van der Waals surface area contributed by atoms with E-state index in [9.17, 15) is 8.42 Å². The van der Waals surface area contributed by atoms with E-state index in [0.29, 0.717) is 19.3 Å². The number of terminal acetylenes is 1. The van der Waals surface area contributed by atoms with Gasteiger partial charge in [0, 0.05) is 47.4 Å². The first-order valence-corrected chi connectivity index (χ1v) is 18.9. The molecule has 0 spiro atoms. The van der Waals surface area contributed by atoms with Crippen LogP contribution >= 0.6 is 70.4 Å². The van der Waals surface area contributed by atoms with Gasteiger partial charge in [0.05, 0.1) is 24.7 Å². The van der Waals surface area contributed by atoms with Crippen molar-refractivity contribution in [2.45, 2.75) is 45.9 Å². The fraction of sp³-hybridized carbons (Fsp3) is 0.231. The van der Waals surface area contributed by atoms with Gasteiger partial charge in [-0.25, -0.2) is 0 Å². The van der Waals surface area contributed by atoms with Crippen LogP contribution in [-0.2, 0) is 14.3 Å². The van der Waals surface area contributed by atoms with Crippen LogP contribution in [-0.4, -0.2) is 38.5 Å². The molecular weight excluding hydrogens is 947 g/mol. The van der Waals surface area contributed by atoms with Crippen molar-refractivity contribution < 1.29 is 22.8 Å². The maximum absolute atomic E-state index is 11.9. The number of aliphatic hydroxyl groups is 2.